The number of halogens is 2. The number of imidazole rings is 1. The third-order valence-electron chi connectivity index (χ3n) is 6.19. The summed E-state index contributed by atoms with van der Waals surface area (Å²) >= 11 is 1.49. The van der Waals surface area contributed by atoms with Crippen LogP contribution >= 0.6 is 11.3 Å². The zero-order chi connectivity index (χ0) is 22.6. The van der Waals surface area contributed by atoms with Gasteiger partial charge in [0.05, 0.1) is 20.9 Å². The molecule has 0 radical (unpaired) electrons. The van der Waals surface area contributed by atoms with Gasteiger partial charge in [-0.1, -0.05) is 29.8 Å². The summed E-state index contributed by atoms with van der Waals surface area (Å²) in [6.45, 7) is 6.35. The van der Waals surface area contributed by atoms with Crippen molar-refractivity contribution in [3.8, 4) is 10.4 Å². The fraction of sp³-hybridized carbons (Fsp3) is 0.292. The standard InChI is InChI=1S/C24H22F2N4OS/c1-13-5-7-15(8-6-13)21-20(27-14(2)32-21)22(31)30-12-4-11-24(30,3)23-28-17-10-9-16(25)18(26)19(17)29-23/h5-10H,4,11-12H2,1-3H3,(H,28,29). The third kappa shape index (κ3) is 3.21. The van der Waals surface area contributed by atoms with Crippen LogP contribution in [0.1, 0.15) is 46.6 Å². The highest BCUT2D eigenvalue weighted by Crippen LogP contribution is 2.41. The highest BCUT2D eigenvalue weighted by molar-refractivity contribution is 7.15. The maximum atomic E-state index is 14.3. The van der Waals surface area contributed by atoms with Gasteiger partial charge < -0.3 is 9.88 Å². The second-order valence-corrected chi connectivity index (χ2v) is 9.66. The summed E-state index contributed by atoms with van der Waals surface area (Å²) in [4.78, 5) is 28.4. The number of hydrogen-bond donors (Lipinski definition) is 1. The van der Waals surface area contributed by atoms with Gasteiger partial charge in [-0.2, -0.15) is 0 Å². The highest BCUT2D eigenvalue weighted by atomic mass is 32.1. The number of fused-ring (bicyclic) bond motifs is 1. The molecule has 8 heteroatoms. The minimum atomic E-state index is -0.985. The Morgan fingerprint density at radius 1 is 1.12 bits per heavy atom. The van der Waals surface area contributed by atoms with Gasteiger partial charge in [0.1, 0.15) is 17.0 Å². The number of likely N-dealkylation sites (tertiary alicyclic amines) is 1. The Kier molecular flexibility index (Phi) is 4.85. The molecule has 1 amide bonds. The molecule has 164 valence electrons. The van der Waals surface area contributed by atoms with Crippen molar-refractivity contribution in [3.63, 3.8) is 0 Å². The number of nitrogens with zero attached hydrogens (tertiary/aromatic N) is 3. The van der Waals surface area contributed by atoms with E-state index in [1.807, 2.05) is 45.0 Å². The fourth-order valence-corrected chi connectivity index (χ4v) is 5.32. The van der Waals surface area contributed by atoms with E-state index in [1.165, 1.54) is 17.4 Å². The number of hydrogen-bond acceptors (Lipinski definition) is 4. The first-order chi connectivity index (χ1) is 15.3. The van der Waals surface area contributed by atoms with Crippen molar-refractivity contribution in [1.82, 2.24) is 19.9 Å². The molecule has 1 N–H and O–H groups in total. The Labute approximate surface area is 188 Å². The number of H-pyrrole nitrogens is 1. The summed E-state index contributed by atoms with van der Waals surface area (Å²) in [5.74, 6) is -1.66. The molecule has 5 nitrogen and oxygen atoms in total. The topological polar surface area (TPSA) is 61.9 Å². The van der Waals surface area contributed by atoms with Gasteiger partial charge in [0.15, 0.2) is 11.6 Å². The number of amides is 1. The van der Waals surface area contributed by atoms with Crippen LogP contribution in [0.15, 0.2) is 36.4 Å². The number of aryl methyl sites for hydroxylation is 2. The predicted molar refractivity (Wildman–Crippen MR) is 121 cm³/mol. The lowest BCUT2D eigenvalue weighted by Gasteiger charge is -2.33. The SMILES string of the molecule is Cc1ccc(-c2sc(C)nc2C(=O)N2CCCC2(C)c2nc3c(F)c(F)ccc3[nH]2)cc1. The average molecular weight is 453 g/mol. The number of carbonyl (C=O) groups excluding carboxylic acids is 1. The minimum Gasteiger partial charge on any atom is -0.340 e. The summed E-state index contributed by atoms with van der Waals surface area (Å²) in [5, 5.41) is 0.811. The van der Waals surface area contributed by atoms with Gasteiger partial charge in [-0.15, -0.1) is 11.3 Å². The molecule has 5 rings (SSSR count). The maximum Gasteiger partial charge on any atom is 0.274 e. The molecule has 2 aromatic heterocycles. The van der Waals surface area contributed by atoms with E-state index >= 15 is 0 Å². The lowest BCUT2D eigenvalue weighted by atomic mass is 9.97. The third-order valence-corrected chi connectivity index (χ3v) is 7.21. The van der Waals surface area contributed by atoms with Gasteiger partial charge in [-0.05, 0) is 51.3 Å². The quantitative estimate of drug-likeness (QED) is 0.432. The van der Waals surface area contributed by atoms with E-state index in [1.54, 1.807) is 4.90 Å². The molecule has 0 bridgehead atoms. The van der Waals surface area contributed by atoms with Crippen LogP contribution in [0.2, 0.25) is 0 Å². The second-order valence-electron chi connectivity index (χ2n) is 8.45. The van der Waals surface area contributed by atoms with Crippen LogP contribution in [0.4, 0.5) is 8.78 Å². The minimum absolute atomic E-state index is 0.0506. The van der Waals surface area contributed by atoms with Gasteiger partial charge in [0.25, 0.3) is 5.91 Å². The predicted octanol–water partition coefficient (Wildman–Crippen LogP) is 5.73. The molecule has 1 aliphatic rings. The summed E-state index contributed by atoms with van der Waals surface area (Å²) in [7, 11) is 0. The Morgan fingerprint density at radius 2 is 1.88 bits per heavy atom. The largest absolute Gasteiger partial charge is 0.340 e. The zero-order valence-electron chi connectivity index (χ0n) is 18.0. The van der Waals surface area contributed by atoms with E-state index in [0.717, 1.165) is 33.5 Å². The normalized spacial score (nSPS) is 18.6. The number of rotatable bonds is 3. The summed E-state index contributed by atoms with van der Waals surface area (Å²) in [6, 6.07) is 10.6. The molecule has 1 saturated heterocycles. The van der Waals surface area contributed by atoms with Crippen molar-refractivity contribution in [3.05, 3.63) is 70.1 Å². The molecule has 3 heterocycles. The van der Waals surface area contributed by atoms with Crippen molar-refractivity contribution >= 4 is 28.3 Å². The van der Waals surface area contributed by atoms with E-state index in [2.05, 4.69) is 15.0 Å². The molecule has 4 aromatic rings. The first kappa shape index (κ1) is 20.8. The summed E-state index contributed by atoms with van der Waals surface area (Å²) < 4.78 is 28.0. The Hall–Kier alpha value is -3.13. The molecule has 32 heavy (non-hydrogen) atoms. The van der Waals surface area contributed by atoms with Crippen LogP contribution in [-0.4, -0.2) is 32.3 Å². The molecule has 0 spiro atoms. The van der Waals surface area contributed by atoms with Crippen LogP contribution in [-0.2, 0) is 5.54 Å². The number of aromatic nitrogens is 3. The van der Waals surface area contributed by atoms with Gasteiger partial charge in [0, 0.05) is 6.54 Å². The van der Waals surface area contributed by atoms with E-state index in [0.29, 0.717) is 30.0 Å². The number of carbonyl (C=O) groups is 1. The molecular weight excluding hydrogens is 430 g/mol. The number of benzene rings is 2. The number of nitrogens with one attached hydrogen (secondary N) is 1. The monoisotopic (exact) mass is 452 g/mol. The Balaban J connectivity index is 1.56. The maximum absolute atomic E-state index is 14.3. The van der Waals surface area contributed by atoms with Crippen LogP contribution in [0, 0.1) is 25.5 Å². The summed E-state index contributed by atoms with van der Waals surface area (Å²) in [6.07, 6.45) is 1.44. The van der Waals surface area contributed by atoms with Crippen molar-refractivity contribution in [2.45, 2.75) is 39.2 Å². The van der Waals surface area contributed by atoms with E-state index in [4.69, 9.17) is 0 Å². The van der Waals surface area contributed by atoms with E-state index < -0.39 is 17.2 Å². The Morgan fingerprint density at radius 3 is 2.62 bits per heavy atom. The molecule has 2 aromatic carbocycles. The smallest absolute Gasteiger partial charge is 0.274 e. The Bertz CT molecular complexity index is 1340. The van der Waals surface area contributed by atoms with Gasteiger partial charge in [0.2, 0.25) is 0 Å². The highest BCUT2D eigenvalue weighted by Gasteiger charge is 2.45. The van der Waals surface area contributed by atoms with Gasteiger partial charge in [-0.25, -0.2) is 18.7 Å². The van der Waals surface area contributed by atoms with Crippen molar-refractivity contribution < 1.29 is 13.6 Å². The molecule has 1 atom stereocenters. The lowest BCUT2D eigenvalue weighted by Crippen LogP contribution is -2.44. The van der Waals surface area contributed by atoms with E-state index in [-0.39, 0.29) is 11.4 Å². The van der Waals surface area contributed by atoms with Gasteiger partial charge in [-0.3, -0.25) is 4.79 Å². The average Bonchev–Trinajstić information content (AvgIpc) is 3.48. The second kappa shape index (κ2) is 7.48. The molecule has 0 aliphatic carbocycles. The molecule has 0 saturated carbocycles. The molecule has 1 fully saturated rings. The first-order valence-corrected chi connectivity index (χ1v) is 11.3. The zero-order valence-corrected chi connectivity index (χ0v) is 18.8. The molecular formula is C24H22F2N4OS. The molecule has 1 unspecified atom stereocenters. The summed E-state index contributed by atoms with van der Waals surface area (Å²) in [5.41, 5.74) is 2.09. The number of aromatic amines is 1. The number of thiazole rings is 1. The van der Waals surface area contributed by atoms with E-state index in [9.17, 15) is 13.6 Å². The fourth-order valence-electron chi connectivity index (χ4n) is 4.41. The van der Waals surface area contributed by atoms with Crippen molar-refractivity contribution in [2.75, 3.05) is 6.54 Å². The lowest BCUT2D eigenvalue weighted by molar-refractivity contribution is 0.0601. The van der Waals surface area contributed by atoms with Crippen molar-refractivity contribution in [2.24, 2.45) is 0 Å². The van der Waals surface area contributed by atoms with Crippen LogP contribution in [0.25, 0.3) is 21.5 Å². The molecule has 1 aliphatic heterocycles. The first-order valence-electron chi connectivity index (χ1n) is 10.5. The van der Waals surface area contributed by atoms with Crippen LogP contribution < -0.4 is 0 Å². The van der Waals surface area contributed by atoms with Crippen molar-refractivity contribution in [1.29, 1.82) is 0 Å². The van der Waals surface area contributed by atoms with Crippen LogP contribution in [0.3, 0.4) is 0 Å². The van der Waals surface area contributed by atoms with Crippen LogP contribution in [0.5, 0.6) is 0 Å². The van der Waals surface area contributed by atoms with Gasteiger partial charge >= 0.3 is 0 Å².